The Balaban J connectivity index is 1.30. The smallest absolute Gasteiger partial charge is 0.279 e. The van der Waals surface area contributed by atoms with Crippen LogP contribution >= 0.6 is 0 Å². The predicted octanol–water partition coefficient (Wildman–Crippen LogP) is 1.77. The Kier molecular flexibility index (Phi) is 5.67. The van der Waals surface area contributed by atoms with Crippen LogP contribution in [0.3, 0.4) is 0 Å². The fourth-order valence-electron chi connectivity index (χ4n) is 4.51. The number of nitrogens with one attached hydrogen (secondary N) is 2. The van der Waals surface area contributed by atoms with Crippen molar-refractivity contribution in [1.29, 1.82) is 0 Å². The van der Waals surface area contributed by atoms with Gasteiger partial charge in [-0.2, -0.15) is 0 Å². The van der Waals surface area contributed by atoms with Gasteiger partial charge in [-0.3, -0.25) is 9.59 Å². The van der Waals surface area contributed by atoms with E-state index in [-0.39, 0.29) is 11.8 Å². The number of quaternary nitrogens is 1. The van der Waals surface area contributed by atoms with Crippen molar-refractivity contribution in [3.8, 4) is 0 Å². The van der Waals surface area contributed by atoms with Crippen molar-refractivity contribution >= 4 is 17.5 Å². The first-order chi connectivity index (χ1) is 14.0. The van der Waals surface area contributed by atoms with Gasteiger partial charge in [0, 0.05) is 11.3 Å². The fraction of sp³-hybridized carbons (Fsp3) is 0.417. The Morgan fingerprint density at radius 3 is 2.41 bits per heavy atom. The van der Waals surface area contributed by atoms with Gasteiger partial charge >= 0.3 is 0 Å². The molecule has 0 radical (unpaired) electrons. The zero-order valence-corrected chi connectivity index (χ0v) is 17.4. The van der Waals surface area contributed by atoms with Gasteiger partial charge in [-0.15, -0.1) is 0 Å². The monoisotopic (exact) mass is 392 g/mol. The molecule has 0 spiro atoms. The minimum Gasteiger partial charge on any atom is -0.327 e. The SMILES string of the molecule is Cc1cccc(C)c1NC(=O)C[NH+]1CCN(C(=O)c2ccc3c(c2)CCC3)CC1. The first kappa shape index (κ1) is 19.6. The molecule has 4 rings (SSSR count). The molecule has 2 N–H and O–H groups in total. The van der Waals surface area contributed by atoms with Gasteiger partial charge in [0.1, 0.15) is 0 Å². The molecule has 2 amide bonds. The molecule has 0 aromatic heterocycles. The van der Waals surface area contributed by atoms with Gasteiger partial charge in [0.2, 0.25) is 0 Å². The second kappa shape index (κ2) is 8.37. The highest BCUT2D eigenvalue weighted by Crippen LogP contribution is 2.23. The van der Waals surface area contributed by atoms with E-state index in [1.807, 2.05) is 43.0 Å². The van der Waals surface area contributed by atoms with Crippen LogP contribution in [0.15, 0.2) is 36.4 Å². The predicted molar refractivity (Wildman–Crippen MR) is 114 cm³/mol. The number of benzene rings is 2. The second-order valence-electron chi connectivity index (χ2n) is 8.37. The molecule has 1 aliphatic carbocycles. The van der Waals surface area contributed by atoms with E-state index in [0.29, 0.717) is 19.6 Å². The lowest BCUT2D eigenvalue weighted by molar-refractivity contribution is -0.895. The molecule has 2 aliphatic rings. The normalized spacial score (nSPS) is 16.6. The zero-order chi connectivity index (χ0) is 20.4. The molecule has 5 nitrogen and oxygen atoms in total. The van der Waals surface area contributed by atoms with E-state index in [1.54, 1.807) is 0 Å². The molecule has 2 aromatic rings. The molecule has 1 aliphatic heterocycles. The first-order valence-electron chi connectivity index (χ1n) is 10.6. The number of hydrogen-bond acceptors (Lipinski definition) is 2. The molecule has 2 aromatic carbocycles. The van der Waals surface area contributed by atoms with Crippen molar-refractivity contribution in [3.63, 3.8) is 0 Å². The maximum absolute atomic E-state index is 12.9. The lowest BCUT2D eigenvalue weighted by Gasteiger charge is -2.32. The summed E-state index contributed by atoms with van der Waals surface area (Å²) < 4.78 is 0. The van der Waals surface area contributed by atoms with Crippen molar-refractivity contribution in [2.75, 3.05) is 38.0 Å². The number of para-hydroxylation sites is 1. The fourth-order valence-corrected chi connectivity index (χ4v) is 4.51. The summed E-state index contributed by atoms with van der Waals surface area (Å²) in [7, 11) is 0. The maximum atomic E-state index is 12.9. The molecule has 0 unspecified atom stereocenters. The molecule has 1 fully saturated rings. The zero-order valence-electron chi connectivity index (χ0n) is 17.4. The van der Waals surface area contributed by atoms with E-state index in [1.165, 1.54) is 22.4 Å². The van der Waals surface area contributed by atoms with Crippen LogP contribution in [-0.2, 0) is 17.6 Å². The number of carbonyl (C=O) groups excluding carboxylic acids is 2. The number of hydrogen-bond donors (Lipinski definition) is 2. The number of nitrogens with zero attached hydrogens (tertiary/aromatic N) is 1. The number of fused-ring (bicyclic) bond motifs is 1. The van der Waals surface area contributed by atoms with Crippen molar-refractivity contribution in [2.24, 2.45) is 0 Å². The van der Waals surface area contributed by atoms with E-state index in [0.717, 1.165) is 48.3 Å². The molecule has 5 heteroatoms. The largest absolute Gasteiger partial charge is 0.327 e. The Bertz CT molecular complexity index is 909. The van der Waals surface area contributed by atoms with Crippen LogP contribution in [0.1, 0.15) is 39.0 Å². The van der Waals surface area contributed by atoms with Crippen LogP contribution < -0.4 is 10.2 Å². The number of carbonyl (C=O) groups is 2. The average Bonchev–Trinajstić information content (AvgIpc) is 3.19. The standard InChI is InChI=1S/C24H29N3O2/c1-17-5-3-6-18(2)23(17)25-22(28)16-26-11-13-27(14-12-26)24(29)21-10-9-19-7-4-8-20(19)15-21/h3,5-6,9-10,15H,4,7-8,11-14,16H2,1-2H3,(H,25,28)/p+1. The highest BCUT2D eigenvalue weighted by atomic mass is 16.2. The Morgan fingerprint density at radius 1 is 1.00 bits per heavy atom. The minimum absolute atomic E-state index is 0.0378. The van der Waals surface area contributed by atoms with E-state index >= 15 is 0 Å². The lowest BCUT2D eigenvalue weighted by atomic mass is 10.1. The number of rotatable bonds is 4. The molecule has 0 atom stereocenters. The summed E-state index contributed by atoms with van der Waals surface area (Å²) in [5.74, 6) is 0.162. The van der Waals surface area contributed by atoms with E-state index in [4.69, 9.17) is 0 Å². The van der Waals surface area contributed by atoms with Crippen LogP contribution in [-0.4, -0.2) is 49.4 Å². The highest BCUT2D eigenvalue weighted by Gasteiger charge is 2.26. The molecule has 1 heterocycles. The first-order valence-corrected chi connectivity index (χ1v) is 10.6. The van der Waals surface area contributed by atoms with Gasteiger partial charge in [0.05, 0.1) is 26.2 Å². The summed E-state index contributed by atoms with van der Waals surface area (Å²) >= 11 is 0. The minimum atomic E-state index is 0.0378. The highest BCUT2D eigenvalue weighted by molar-refractivity contribution is 5.95. The van der Waals surface area contributed by atoms with Crippen LogP contribution in [0.25, 0.3) is 0 Å². The lowest BCUT2D eigenvalue weighted by Crippen LogP contribution is -3.15. The molecule has 29 heavy (non-hydrogen) atoms. The van der Waals surface area contributed by atoms with Crippen LogP contribution in [0.5, 0.6) is 0 Å². The molecule has 0 saturated carbocycles. The molecule has 1 saturated heterocycles. The van der Waals surface area contributed by atoms with Gasteiger partial charge in [0.15, 0.2) is 6.54 Å². The number of aryl methyl sites for hydroxylation is 4. The Hall–Kier alpha value is -2.66. The molecule has 152 valence electrons. The third-order valence-corrected chi connectivity index (χ3v) is 6.26. The summed E-state index contributed by atoms with van der Waals surface area (Å²) in [6.07, 6.45) is 3.42. The van der Waals surface area contributed by atoms with Crippen LogP contribution in [0.2, 0.25) is 0 Å². The van der Waals surface area contributed by atoms with E-state index < -0.39 is 0 Å². The van der Waals surface area contributed by atoms with E-state index in [2.05, 4.69) is 17.4 Å². The van der Waals surface area contributed by atoms with Gasteiger partial charge in [-0.1, -0.05) is 24.3 Å². The Morgan fingerprint density at radius 2 is 1.69 bits per heavy atom. The Labute approximate surface area is 172 Å². The van der Waals surface area contributed by atoms with Crippen LogP contribution in [0, 0.1) is 13.8 Å². The van der Waals surface area contributed by atoms with E-state index in [9.17, 15) is 9.59 Å². The third kappa shape index (κ3) is 4.35. The summed E-state index contributed by atoms with van der Waals surface area (Å²) in [5.41, 5.74) is 6.62. The van der Waals surface area contributed by atoms with Gasteiger partial charge in [0.25, 0.3) is 11.8 Å². The van der Waals surface area contributed by atoms with Crippen molar-refractivity contribution in [2.45, 2.75) is 33.1 Å². The third-order valence-electron chi connectivity index (χ3n) is 6.26. The van der Waals surface area contributed by atoms with Crippen molar-refractivity contribution < 1.29 is 14.5 Å². The number of anilines is 1. The maximum Gasteiger partial charge on any atom is 0.279 e. The second-order valence-corrected chi connectivity index (χ2v) is 8.37. The summed E-state index contributed by atoms with van der Waals surface area (Å²) in [6.45, 7) is 7.46. The molecular formula is C24H30N3O2+. The van der Waals surface area contributed by atoms with Crippen molar-refractivity contribution in [1.82, 2.24) is 4.90 Å². The summed E-state index contributed by atoms with van der Waals surface area (Å²) in [4.78, 5) is 28.6. The summed E-state index contributed by atoms with van der Waals surface area (Å²) in [6, 6.07) is 12.2. The van der Waals surface area contributed by atoms with Crippen molar-refractivity contribution in [3.05, 3.63) is 64.2 Å². The topological polar surface area (TPSA) is 53.9 Å². The molecule has 0 bridgehead atoms. The quantitative estimate of drug-likeness (QED) is 0.833. The van der Waals surface area contributed by atoms with Gasteiger partial charge in [-0.25, -0.2) is 0 Å². The molecular weight excluding hydrogens is 362 g/mol. The van der Waals surface area contributed by atoms with Gasteiger partial charge < -0.3 is 15.1 Å². The number of piperazine rings is 1. The summed E-state index contributed by atoms with van der Waals surface area (Å²) in [5, 5.41) is 3.07. The number of amides is 2. The van der Waals surface area contributed by atoms with Crippen LogP contribution in [0.4, 0.5) is 5.69 Å². The average molecular weight is 393 g/mol. The van der Waals surface area contributed by atoms with Gasteiger partial charge in [-0.05, 0) is 67.5 Å².